The SMILES string of the molecule is C[C@H]1CCc2c(sc3ncnc(SCC(=O)N[C@@H](C)c4ccco4)c23)C1. The second-order valence-electron chi connectivity index (χ2n) is 6.80. The lowest BCUT2D eigenvalue weighted by Gasteiger charge is -2.18. The largest absolute Gasteiger partial charge is 0.467 e. The molecule has 0 bridgehead atoms. The van der Waals surface area contributed by atoms with Gasteiger partial charge >= 0.3 is 0 Å². The number of nitrogens with zero attached hydrogens (tertiary/aromatic N) is 2. The van der Waals surface area contributed by atoms with E-state index in [1.165, 1.54) is 28.6 Å². The first kappa shape index (κ1) is 17.5. The Bertz CT molecular complexity index is 920. The van der Waals surface area contributed by atoms with E-state index in [9.17, 15) is 4.79 Å². The number of thiophene rings is 1. The molecule has 0 aliphatic heterocycles. The lowest BCUT2D eigenvalue weighted by Crippen LogP contribution is -2.27. The first-order valence-electron chi connectivity index (χ1n) is 8.82. The van der Waals surface area contributed by atoms with Gasteiger partial charge in [0, 0.05) is 10.3 Å². The molecule has 0 saturated heterocycles. The number of thioether (sulfide) groups is 1. The monoisotopic (exact) mass is 387 g/mol. The maximum Gasteiger partial charge on any atom is 0.230 e. The fourth-order valence-electron chi connectivity index (χ4n) is 3.38. The van der Waals surface area contributed by atoms with E-state index >= 15 is 0 Å². The zero-order valence-corrected chi connectivity index (χ0v) is 16.5. The van der Waals surface area contributed by atoms with Gasteiger partial charge in [0.25, 0.3) is 0 Å². The average Bonchev–Trinajstić information content (AvgIpc) is 3.27. The van der Waals surface area contributed by atoms with Crippen molar-refractivity contribution in [3.05, 3.63) is 40.9 Å². The molecule has 1 amide bonds. The molecule has 3 aromatic heterocycles. The molecule has 1 aliphatic rings. The number of aromatic nitrogens is 2. The van der Waals surface area contributed by atoms with Crippen LogP contribution in [0.4, 0.5) is 0 Å². The molecular weight excluding hydrogens is 366 g/mol. The molecule has 1 aliphatic carbocycles. The summed E-state index contributed by atoms with van der Waals surface area (Å²) < 4.78 is 5.34. The van der Waals surface area contributed by atoms with Gasteiger partial charge in [-0.3, -0.25) is 4.79 Å². The molecule has 4 rings (SSSR count). The zero-order valence-electron chi connectivity index (χ0n) is 14.8. The molecule has 26 heavy (non-hydrogen) atoms. The molecule has 0 spiro atoms. The van der Waals surface area contributed by atoms with Crippen molar-refractivity contribution in [3.63, 3.8) is 0 Å². The van der Waals surface area contributed by atoms with E-state index in [0.717, 1.165) is 39.8 Å². The van der Waals surface area contributed by atoms with Gasteiger partial charge < -0.3 is 9.73 Å². The van der Waals surface area contributed by atoms with Crippen LogP contribution in [0.5, 0.6) is 0 Å². The van der Waals surface area contributed by atoms with Gasteiger partial charge in [0.05, 0.1) is 18.1 Å². The van der Waals surface area contributed by atoms with Crippen molar-refractivity contribution in [2.75, 3.05) is 5.75 Å². The second kappa shape index (κ2) is 7.40. The topological polar surface area (TPSA) is 68.0 Å². The minimum absolute atomic E-state index is 0.0246. The van der Waals surface area contributed by atoms with Crippen LogP contribution in [-0.2, 0) is 17.6 Å². The molecule has 7 heteroatoms. The molecule has 1 N–H and O–H groups in total. The Labute approximate surface area is 160 Å². The third-order valence-corrected chi connectivity index (χ3v) is 6.90. The van der Waals surface area contributed by atoms with E-state index in [-0.39, 0.29) is 11.9 Å². The van der Waals surface area contributed by atoms with Gasteiger partial charge in [-0.05, 0) is 49.8 Å². The molecule has 0 fully saturated rings. The van der Waals surface area contributed by atoms with Crippen molar-refractivity contribution in [2.45, 2.75) is 44.2 Å². The first-order chi connectivity index (χ1) is 12.6. The summed E-state index contributed by atoms with van der Waals surface area (Å²) >= 11 is 3.27. The number of rotatable bonds is 5. The Morgan fingerprint density at radius 1 is 1.50 bits per heavy atom. The highest BCUT2D eigenvalue weighted by molar-refractivity contribution is 8.00. The number of carbonyl (C=O) groups excluding carboxylic acids is 1. The quantitative estimate of drug-likeness (QED) is 0.520. The van der Waals surface area contributed by atoms with Gasteiger partial charge in [0.15, 0.2) is 0 Å². The zero-order chi connectivity index (χ0) is 18.1. The van der Waals surface area contributed by atoms with E-state index < -0.39 is 0 Å². The van der Waals surface area contributed by atoms with E-state index in [2.05, 4.69) is 22.2 Å². The van der Waals surface area contributed by atoms with Crippen LogP contribution in [0.1, 0.15) is 42.5 Å². The van der Waals surface area contributed by atoms with Crippen molar-refractivity contribution in [1.82, 2.24) is 15.3 Å². The third-order valence-electron chi connectivity index (χ3n) is 4.74. The van der Waals surface area contributed by atoms with Crippen LogP contribution < -0.4 is 5.32 Å². The summed E-state index contributed by atoms with van der Waals surface area (Å²) in [6.45, 7) is 4.22. The number of fused-ring (bicyclic) bond motifs is 3. The van der Waals surface area contributed by atoms with Gasteiger partial charge in [0.2, 0.25) is 5.91 Å². The number of hydrogen-bond donors (Lipinski definition) is 1. The highest BCUT2D eigenvalue weighted by atomic mass is 32.2. The average molecular weight is 388 g/mol. The summed E-state index contributed by atoms with van der Waals surface area (Å²) in [7, 11) is 0. The smallest absolute Gasteiger partial charge is 0.230 e. The minimum atomic E-state index is -0.140. The van der Waals surface area contributed by atoms with Crippen LogP contribution in [0, 0.1) is 5.92 Å². The highest BCUT2D eigenvalue weighted by Crippen LogP contribution is 2.40. The summed E-state index contributed by atoms with van der Waals surface area (Å²) in [6.07, 6.45) is 6.64. The van der Waals surface area contributed by atoms with Gasteiger partial charge in [-0.1, -0.05) is 18.7 Å². The molecule has 0 aromatic carbocycles. The molecule has 3 heterocycles. The predicted molar refractivity (Wildman–Crippen MR) is 105 cm³/mol. The number of furan rings is 1. The van der Waals surface area contributed by atoms with Crippen LogP contribution in [0.3, 0.4) is 0 Å². The second-order valence-corrected chi connectivity index (χ2v) is 8.85. The Hall–Kier alpha value is -1.86. The van der Waals surface area contributed by atoms with Crippen LogP contribution in [0.25, 0.3) is 10.2 Å². The molecule has 5 nitrogen and oxygen atoms in total. The van der Waals surface area contributed by atoms with Crippen molar-refractivity contribution in [1.29, 1.82) is 0 Å². The first-order valence-corrected chi connectivity index (χ1v) is 10.6. The van der Waals surface area contributed by atoms with E-state index in [1.807, 2.05) is 19.1 Å². The summed E-state index contributed by atoms with van der Waals surface area (Å²) in [4.78, 5) is 23.7. The number of aryl methyl sites for hydroxylation is 1. The van der Waals surface area contributed by atoms with Crippen molar-refractivity contribution in [3.8, 4) is 0 Å². The Morgan fingerprint density at radius 2 is 2.38 bits per heavy atom. The van der Waals surface area contributed by atoms with Gasteiger partial charge in [0.1, 0.15) is 21.9 Å². The number of amides is 1. The van der Waals surface area contributed by atoms with E-state index in [0.29, 0.717) is 5.75 Å². The van der Waals surface area contributed by atoms with Crippen LogP contribution in [-0.4, -0.2) is 21.6 Å². The Balaban J connectivity index is 1.48. The summed E-state index contributed by atoms with van der Waals surface area (Å²) in [5.74, 6) is 1.80. The summed E-state index contributed by atoms with van der Waals surface area (Å²) in [6, 6.07) is 3.55. The van der Waals surface area contributed by atoms with Gasteiger partial charge in [-0.15, -0.1) is 11.3 Å². The van der Waals surface area contributed by atoms with Crippen molar-refractivity contribution in [2.24, 2.45) is 5.92 Å². The number of hydrogen-bond acceptors (Lipinski definition) is 6. The molecule has 0 saturated carbocycles. The molecular formula is C19H21N3O2S2. The number of nitrogens with one attached hydrogen (secondary N) is 1. The lowest BCUT2D eigenvalue weighted by molar-refractivity contribution is -0.119. The Morgan fingerprint density at radius 3 is 3.19 bits per heavy atom. The van der Waals surface area contributed by atoms with E-state index in [4.69, 9.17) is 4.42 Å². The summed E-state index contributed by atoms with van der Waals surface area (Å²) in [5.41, 5.74) is 1.40. The van der Waals surface area contributed by atoms with Crippen molar-refractivity contribution >= 4 is 39.2 Å². The lowest BCUT2D eigenvalue weighted by atomic mass is 9.89. The fraction of sp³-hybridized carbons (Fsp3) is 0.421. The maximum atomic E-state index is 12.3. The minimum Gasteiger partial charge on any atom is -0.467 e. The van der Waals surface area contributed by atoms with Gasteiger partial charge in [-0.2, -0.15) is 0 Å². The van der Waals surface area contributed by atoms with Crippen LogP contribution in [0.15, 0.2) is 34.2 Å². The molecule has 2 atom stereocenters. The summed E-state index contributed by atoms with van der Waals surface area (Å²) in [5, 5.41) is 5.05. The maximum absolute atomic E-state index is 12.3. The standard InChI is InChI=1S/C19H21N3O2S2/c1-11-5-6-13-15(8-11)26-19-17(13)18(20-10-21-19)25-9-16(23)22-12(2)14-4-3-7-24-14/h3-4,7,10-12H,5-6,8-9H2,1-2H3,(H,22,23)/t11-,12-/m0/s1. The van der Waals surface area contributed by atoms with Crippen LogP contribution in [0.2, 0.25) is 0 Å². The molecule has 3 aromatic rings. The van der Waals surface area contributed by atoms with Crippen LogP contribution >= 0.6 is 23.1 Å². The third kappa shape index (κ3) is 3.50. The number of carbonyl (C=O) groups is 1. The molecule has 0 unspecified atom stereocenters. The van der Waals surface area contributed by atoms with E-state index in [1.54, 1.807) is 23.9 Å². The molecule has 0 radical (unpaired) electrons. The van der Waals surface area contributed by atoms with Gasteiger partial charge in [-0.25, -0.2) is 9.97 Å². The van der Waals surface area contributed by atoms with Crippen molar-refractivity contribution < 1.29 is 9.21 Å². The predicted octanol–water partition coefficient (Wildman–Crippen LogP) is 4.38. The normalized spacial score (nSPS) is 17.8. The fourth-order valence-corrected chi connectivity index (χ4v) is 5.63. The molecule has 136 valence electrons. The highest BCUT2D eigenvalue weighted by Gasteiger charge is 2.23. The Kier molecular flexibility index (Phi) is 5.00.